The van der Waals surface area contributed by atoms with Gasteiger partial charge in [0.1, 0.15) is 5.54 Å². The number of aromatic nitrogens is 2. The van der Waals surface area contributed by atoms with E-state index in [9.17, 15) is 19.8 Å². The second-order valence-corrected chi connectivity index (χ2v) is 7.68. The summed E-state index contributed by atoms with van der Waals surface area (Å²) in [7, 11) is 1.35. The highest BCUT2D eigenvalue weighted by molar-refractivity contribution is 5.99. The van der Waals surface area contributed by atoms with Crippen molar-refractivity contribution < 1.29 is 24.5 Å². The molecule has 0 radical (unpaired) electrons. The van der Waals surface area contributed by atoms with Gasteiger partial charge in [-0.25, -0.2) is 9.78 Å². The maximum atomic E-state index is 12.8. The molecule has 0 aliphatic carbocycles. The third-order valence-corrected chi connectivity index (χ3v) is 5.89. The number of methoxy groups -OCH3 is 1. The zero-order chi connectivity index (χ0) is 22.8. The van der Waals surface area contributed by atoms with Crippen molar-refractivity contribution in [2.75, 3.05) is 7.11 Å². The number of aliphatic carboxylic acids is 1. The first-order chi connectivity index (χ1) is 14.7. The van der Waals surface area contributed by atoms with Gasteiger partial charge in [-0.3, -0.25) is 9.78 Å². The van der Waals surface area contributed by atoms with E-state index in [1.165, 1.54) is 26.3 Å². The fourth-order valence-electron chi connectivity index (χ4n) is 3.52. The van der Waals surface area contributed by atoms with Gasteiger partial charge in [0.15, 0.2) is 17.2 Å². The number of benzene rings is 1. The lowest BCUT2D eigenvalue weighted by atomic mass is 9.77. The summed E-state index contributed by atoms with van der Waals surface area (Å²) in [6.45, 7) is 5.05. The molecule has 8 heteroatoms. The van der Waals surface area contributed by atoms with Gasteiger partial charge in [-0.05, 0) is 25.0 Å². The van der Waals surface area contributed by atoms with Crippen molar-refractivity contribution in [1.82, 2.24) is 15.3 Å². The molecule has 0 bridgehead atoms. The monoisotopic (exact) mass is 423 g/mol. The van der Waals surface area contributed by atoms with E-state index >= 15 is 0 Å². The van der Waals surface area contributed by atoms with Gasteiger partial charge in [0.25, 0.3) is 5.91 Å². The first-order valence-electron chi connectivity index (χ1n) is 9.82. The molecule has 2 heterocycles. The number of nitrogens with zero attached hydrogens (tertiary/aromatic N) is 2. The Morgan fingerprint density at radius 1 is 1.13 bits per heavy atom. The van der Waals surface area contributed by atoms with Crippen molar-refractivity contribution in [1.29, 1.82) is 0 Å². The topological polar surface area (TPSA) is 122 Å². The van der Waals surface area contributed by atoms with Crippen molar-refractivity contribution in [3.8, 4) is 11.5 Å². The minimum absolute atomic E-state index is 0.0685. The van der Waals surface area contributed by atoms with Gasteiger partial charge in [-0.1, -0.05) is 38.1 Å². The molecule has 1 aromatic carbocycles. The van der Waals surface area contributed by atoms with E-state index in [2.05, 4.69) is 15.3 Å². The molecule has 0 fully saturated rings. The lowest BCUT2D eigenvalue weighted by Crippen LogP contribution is -2.57. The smallest absolute Gasteiger partial charge is 0.329 e. The number of hydrogen-bond acceptors (Lipinski definition) is 6. The molecule has 0 saturated carbocycles. The third-order valence-electron chi connectivity index (χ3n) is 5.89. The van der Waals surface area contributed by atoms with Crippen molar-refractivity contribution in [3.63, 3.8) is 0 Å². The Morgan fingerprint density at radius 3 is 2.52 bits per heavy atom. The Bertz CT molecular complexity index is 1130. The second kappa shape index (κ2) is 8.59. The van der Waals surface area contributed by atoms with Gasteiger partial charge in [0.05, 0.1) is 12.6 Å². The molecule has 2 aromatic heterocycles. The number of aromatic hydroxyl groups is 1. The summed E-state index contributed by atoms with van der Waals surface area (Å²) in [6.07, 6.45) is 1.30. The molecule has 31 heavy (non-hydrogen) atoms. The highest BCUT2D eigenvalue weighted by Gasteiger charge is 2.44. The molecule has 3 aromatic rings. The van der Waals surface area contributed by atoms with Crippen LogP contribution in [0.3, 0.4) is 0 Å². The molecule has 1 amide bonds. The molecule has 162 valence electrons. The summed E-state index contributed by atoms with van der Waals surface area (Å²) in [5.41, 5.74) is -0.433. The van der Waals surface area contributed by atoms with Gasteiger partial charge in [0.2, 0.25) is 0 Å². The van der Waals surface area contributed by atoms with Gasteiger partial charge < -0.3 is 20.3 Å². The molecule has 0 aliphatic rings. The number of nitrogens with one attached hydrogen (secondary N) is 1. The number of carboxylic acids is 1. The molecular weight excluding hydrogens is 398 g/mol. The van der Waals surface area contributed by atoms with Gasteiger partial charge >= 0.3 is 5.97 Å². The maximum absolute atomic E-state index is 12.8. The summed E-state index contributed by atoms with van der Waals surface area (Å²) >= 11 is 0. The van der Waals surface area contributed by atoms with Crippen LogP contribution in [0.1, 0.15) is 42.9 Å². The van der Waals surface area contributed by atoms with Gasteiger partial charge in [-0.2, -0.15) is 0 Å². The molecular formula is C23H25N3O5. The van der Waals surface area contributed by atoms with Crippen LogP contribution in [-0.2, 0) is 4.79 Å². The Hall–Kier alpha value is -3.68. The number of fused-ring (bicyclic) bond motifs is 1. The number of pyridine rings is 2. The van der Waals surface area contributed by atoms with E-state index in [4.69, 9.17) is 4.74 Å². The first kappa shape index (κ1) is 22.0. The predicted molar refractivity (Wildman–Crippen MR) is 115 cm³/mol. The molecule has 3 rings (SSSR count). The highest BCUT2D eigenvalue weighted by atomic mass is 16.5. The summed E-state index contributed by atoms with van der Waals surface area (Å²) in [4.78, 5) is 33.6. The summed E-state index contributed by atoms with van der Waals surface area (Å²) < 4.78 is 5.00. The minimum Gasteiger partial charge on any atom is -0.503 e. The fraction of sp³-hybridized carbons (Fsp3) is 0.304. The number of ether oxygens (including phenoxy) is 1. The standard InChI is InChI=1S/C23H25N3O5/c1-13(16-10-9-15-7-5-6-8-17(15)25-16)14(2)23(3,22(29)30)26-21(28)19-20(27)18(31-4)11-12-24-19/h5-14,27H,1-4H3,(H,26,28)(H,29,30). The van der Waals surface area contributed by atoms with E-state index in [0.717, 1.165) is 16.6 Å². The van der Waals surface area contributed by atoms with Crippen LogP contribution in [0.15, 0.2) is 48.7 Å². The molecule has 3 unspecified atom stereocenters. The Labute approximate surface area is 179 Å². The molecule has 3 atom stereocenters. The number of rotatable bonds is 7. The Morgan fingerprint density at radius 2 is 1.84 bits per heavy atom. The van der Waals surface area contributed by atoms with Crippen LogP contribution in [0.2, 0.25) is 0 Å². The second-order valence-electron chi connectivity index (χ2n) is 7.68. The average Bonchev–Trinajstić information content (AvgIpc) is 2.77. The number of amides is 1. The van der Waals surface area contributed by atoms with Gasteiger partial charge in [-0.15, -0.1) is 0 Å². The van der Waals surface area contributed by atoms with Crippen LogP contribution < -0.4 is 10.1 Å². The Kier molecular flexibility index (Phi) is 6.10. The summed E-state index contributed by atoms with van der Waals surface area (Å²) in [5, 5.41) is 23.7. The maximum Gasteiger partial charge on any atom is 0.329 e. The van der Waals surface area contributed by atoms with Crippen LogP contribution in [0, 0.1) is 5.92 Å². The van der Waals surface area contributed by atoms with Crippen LogP contribution >= 0.6 is 0 Å². The van der Waals surface area contributed by atoms with Gasteiger partial charge in [0, 0.05) is 29.3 Å². The minimum atomic E-state index is -1.65. The number of carbonyl (C=O) groups excluding carboxylic acids is 1. The summed E-state index contributed by atoms with van der Waals surface area (Å²) in [6, 6.07) is 12.9. The SMILES string of the molecule is COc1ccnc(C(=O)NC(C)(C(=O)O)C(C)C(C)c2ccc3ccccc3n2)c1O. The zero-order valence-electron chi connectivity index (χ0n) is 17.8. The van der Waals surface area contributed by atoms with Crippen molar-refractivity contribution in [2.24, 2.45) is 5.92 Å². The molecule has 0 aliphatic heterocycles. The zero-order valence-corrected chi connectivity index (χ0v) is 17.8. The summed E-state index contributed by atoms with van der Waals surface area (Å²) in [5.74, 6) is -3.24. The fourth-order valence-corrected chi connectivity index (χ4v) is 3.52. The van der Waals surface area contributed by atoms with Crippen molar-refractivity contribution >= 4 is 22.8 Å². The normalized spacial score (nSPS) is 15.0. The third kappa shape index (κ3) is 4.14. The number of para-hydroxylation sites is 1. The predicted octanol–water partition coefficient (Wildman–Crippen LogP) is 3.36. The number of carbonyl (C=O) groups is 2. The van der Waals surface area contributed by atoms with Crippen LogP contribution in [0.25, 0.3) is 10.9 Å². The molecule has 3 N–H and O–H groups in total. The number of carboxylic acid groups (broad SMARTS) is 1. The van der Waals surface area contributed by atoms with Crippen molar-refractivity contribution in [2.45, 2.75) is 32.2 Å². The van der Waals surface area contributed by atoms with Crippen LogP contribution in [-0.4, -0.2) is 44.7 Å². The first-order valence-corrected chi connectivity index (χ1v) is 9.82. The van der Waals surface area contributed by atoms with Crippen LogP contribution in [0.4, 0.5) is 0 Å². The van der Waals surface area contributed by atoms with E-state index in [1.807, 2.05) is 43.3 Å². The molecule has 0 spiro atoms. The van der Waals surface area contributed by atoms with E-state index in [0.29, 0.717) is 0 Å². The lowest BCUT2D eigenvalue weighted by molar-refractivity contribution is -0.146. The highest BCUT2D eigenvalue weighted by Crippen LogP contribution is 2.34. The molecule has 8 nitrogen and oxygen atoms in total. The average molecular weight is 423 g/mol. The van der Waals surface area contributed by atoms with Crippen molar-refractivity contribution in [3.05, 3.63) is 60.0 Å². The Balaban J connectivity index is 1.91. The van der Waals surface area contributed by atoms with E-state index in [-0.39, 0.29) is 17.4 Å². The van der Waals surface area contributed by atoms with E-state index in [1.54, 1.807) is 6.92 Å². The quantitative estimate of drug-likeness (QED) is 0.533. The molecule has 0 saturated heterocycles. The lowest BCUT2D eigenvalue weighted by Gasteiger charge is -2.36. The van der Waals surface area contributed by atoms with Crippen LogP contribution in [0.5, 0.6) is 11.5 Å². The van der Waals surface area contributed by atoms with E-state index < -0.39 is 29.1 Å². The number of hydrogen-bond donors (Lipinski definition) is 3. The largest absolute Gasteiger partial charge is 0.503 e.